The van der Waals surface area contributed by atoms with Gasteiger partial charge >= 0.3 is 5.97 Å². The number of ether oxygens (including phenoxy) is 1. The molecule has 1 saturated carbocycles. The fourth-order valence-corrected chi connectivity index (χ4v) is 2.17. The van der Waals surface area contributed by atoms with Crippen LogP contribution in [0.25, 0.3) is 0 Å². The summed E-state index contributed by atoms with van der Waals surface area (Å²) in [4.78, 5) is 11.7. The molecule has 94 valence electrons. The molecule has 16 heavy (non-hydrogen) atoms. The molecule has 0 saturated heterocycles. The topological polar surface area (TPSA) is 52.3 Å². The van der Waals surface area contributed by atoms with Crippen LogP contribution in [0, 0.1) is 5.92 Å². The molecule has 0 radical (unpaired) electrons. The molecule has 0 aromatic heterocycles. The van der Waals surface area contributed by atoms with Crippen molar-refractivity contribution < 1.29 is 9.53 Å². The van der Waals surface area contributed by atoms with Gasteiger partial charge in [0.2, 0.25) is 0 Å². The molecular formula is C13H25NO2. The number of carbonyl (C=O) groups is 1. The molecule has 0 amide bonds. The number of unbranched alkanes of at least 4 members (excludes halogenated alkanes) is 3. The standard InChI is InChI=1S/C13H25NO2/c1-2-3-4-5-10-16-13(15)11-6-8-12(14)9-7-11/h11-12H,2-10,14H2,1H3. The van der Waals surface area contributed by atoms with E-state index in [2.05, 4.69) is 6.92 Å². The van der Waals surface area contributed by atoms with Crippen molar-refractivity contribution in [3.63, 3.8) is 0 Å². The first-order valence-electron chi connectivity index (χ1n) is 6.66. The Labute approximate surface area is 98.7 Å². The number of rotatable bonds is 6. The number of esters is 1. The fraction of sp³-hybridized carbons (Fsp3) is 0.923. The van der Waals surface area contributed by atoms with Crippen LogP contribution in [0.4, 0.5) is 0 Å². The highest BCUT2D eigenvalue weighted by Gasteiger charge is 2.25. The summed E-state index contributed by atoms with van der Waals surface area (Å²) in [7, 11) is 0. The fourth-order valence-electron chi connectivity index (χ4n) is 2.17. The molecule has 0 aromatic rings. The molecule has 1 fully saturated rings. The van der Waals surface area contributed by atoms with Crippen molar-refractivity contribution in [1.29, 1.82) is 0 Å². The molecule has 0 spiro atoms. The molecule has 3 nitrogen and oxygen atoms in total. The molecular weight excluding hydrogens is 202 g/mol. The highest BCUT2D eigenvalue weighted by molar-refractivity contribution is 5.72. The van der Waals surface area contributed by atoms with Gasteiger partial charge in [0.1, 0.15) is 0 Å². The summed E-state index contributed by atoms with van der Waals surface area (Å²) in [6, 6.07) is 0.300. The minimum atomic E-state index is 0.00315. The Morgan fingerprint density at radius 1 is 1.19 bits per heavy atom. The quantitative estimate of drug-likeness (QED) is 0.560. The zero-order valence-corrected chi connectivity index (χ0v) is 10.4. The van der Waals surface area contributed by atoms with Gasteiger partial charge in [0, 0.05) is 6.04 Å². The van der Waals surface area contributed by atoms with E-state index in [1.165, 1.54) is 19.3 Å². The number of hydrogen-bond acceptors (Lipinski definition) is 3. The lowest BCUT2D eigenvalue weighted by atomic mass is 9.86. The molecule has 0 aliphatic heterocycles. The zero-order chi connectivity index (χ0) is 11.8. The SMILES string of the molecule is CCCCCCOC(=O)C1CCC(N)CC1. The maximum atomic E-state index is 11.7. The van der Waals surface area contributed by atoms with Crippen LogP contribution in [0.3, 0.4) is 0 Å². The van der Waals surface area contributed by atoms with E-state index in [1.54, 1.807) is 0 Å². The van der Waals surface area contributed by atoms with Gasteiger partial charge in [-0.05, 0) is 32.1 Å². The van der Waals surface area contributed by atoms with Crippen molar-refractivity contribution in [2.45, 2.75) is 64.3 Å². The molecule has 1 aliphatic rings. The van der Waals surface area contributed by atoms with E-state index in [9.17, 15) is 4.79 Å². The van der Waals surface area contributed by atoms with Crippen molar-refractivity contribution in [2.75, 3.05) is 6.61 Å². The molecule has 1 rings (SSSR count). The minimum absolute atomic E-state index is 0.00315. The maximum Gasteiger partial charge on any atom is 0.308 e. The Kier molecular flexibility index (Phi) is 6.46. The van der Waals surface area contributed by atoms with Crippen LogP contribution in [0.1, 0.15) is 58.3 Å². The second-order valence-electron chi connectivity index (χ2n) is 4.84. The first-order valence-corrected chi connectivity index (χ1v) is 6.66. The van der Waals surface area contributed by atoms with Gasteiger partial charge in [0.05, 0.1) is 12.5 Å². The van der Waals surface area contributed by atoms with Gasteiger partial charge in [-0.25, -0.2) is 0 Å². The maximum absolute atomic E-state index is 11.7. The van der Waals surface area contributed by atoms with Crippen molar-refractivity contribution in [1.82, 2.24) is 0 Å². The van der Waals surface area contributed by atoms with E-state index < -0.39 is 0 Å². The van der Waals surface area contributed by atoms with Gasteiger partial charge in [-0.15, -0.1) is 0 Å². The Morgan fingerprint density at radius 2 is 1.88 bits per heavy atom. The van der Waals surface area contributed by atoms with Crippen molar-refractivity contribution >= 4 is 5.97 Å². The highest BCUT2D eigenvalue weighted by atomic mass is 16.5. The smallest absolute Gasteiger partial charge is 0.308 e. The number of hydrogen-bond donors (Lipinski definition) is 1. The van der Waals surface area contributed by atoms with E-state index in [0.29, 0.717) is 12.6 Å². The van der Waals surface area contributed by atoms with Crippen molar-refractivity contribution in [3.8, 4) is 0 Å². The molecule has 0 unspecified atom stereocenters. The van der Waals surface area contributed by atoms with Gasteiger partial charge < -0.3 is 10.5 Å². The van der Waals surface area contributed by atoms with Gasteiger partial charge in [-0.1, -0.05) is 26.2 Å². The van der Waals surface area contributed by atoms with Crippen LogP contribution in [0.15, 0.2) is 0 Å². The molecule has 1 aliphatic carbocycles. The van der Waals surface area contributed by atoms with Crippen molar-refractivity contribution in [3.05, 3.63) is 0 Å². The summed E-state index contributed by atoms with van der Waals surface area (Å²) < 4.78 is 5.28. The highest BCUT2D eigenvalue weighted by Crippen LogP contribution is 2.24. The average Bonchev–Trinajstić information content (AvgIpc) is 2.29. The summed E-state index contributed by atoms with van der Waals surface area (Å²) in [5.41, 5.74) is 5.80. The van der Waals surface area contributed by atoms with E-state index >= 15 is 0 Å². The Bertz CT molecular complexity index is 198. The molecule has 3 heteroatoms. The van der Waals surface area contributed by atoms with E-state index in [4.69, 9.17) is 10.5 Å². The van der Waals surface area contributed by atoms with E-state index in [1.807, 2.05) is 0 Å². The van der Waals surface area contributed by atoms with Gasteiger partial charge in [0.25, 0.3) is 0 Å². The van der Waals surface area contributed by atoms with Crippen molar-refractivity contribution in [2.24, 2.45) is 11.7 Å². The third-order valence-corrected chi connectivity index (χ3v) is 3.35. The lowest BCUT2D eigenvalue weighted by Gasteiger charge is -2.24. The summed E-state index contributed by atoms with van der Waals surface area (Å²) >= 11 is 0. The third-order valence-electron chi connectivity index (χ3n) is 3.35. The number of nitrogens with two attached hydrogens (primary N) is 1. The summed E-state index contributed by atoms with van der Waals surface area (Å²) in [5, 5.41) is 0. The predicted molar refractivity (Wildman–Crippen MR) is 65.0 cm³/mol. The summed E-state index contributed by atoms with van der Waals surface area (Å²) in [6.07, 6.45) is 8.38. The van der Waals surface area contributed by atoms with Crippen LogP contribution < -0.4 is 5.73 Å². The predicted octanol–water partition coefficient (Wildman–Crippen LogP) is 2.63. The monoisotopic (exact) mass is 227 g/mol. The van der Waals surface area contributed by atoms with Crippen LogP contribution >= 0.6 is 0 Å². The first-order chi connectivity index (χ1) is 7.74. The second-order valence-corrected chi connectivity index (χ2v) is 4.84. The second kappa shape index (κ2) is 7.66. The Morgan fingerprint density at radius 3 is 2.50 bits per heavy atom. The Hall–Kier alpha value is -0.570. The molecule has 0 atom stereocenters. The Balaban J connectivity index is 2.06. The normalized spacial score (nSPS) is 25.4. The molecule has 0 heterocycles. The van der Waals surface area contributed by atoms with E-state index in [-0.39, 0.29) is 11.9 Å². The van der Waals surface area contributed by atoms with Gasteiger partial charge in [-0.3, -0.25) is 4.79 Å². The molecule has 0 bridgehead atoms. The largest absolute Gasteiger partial charge is 0.465 e. The average molecular weight is 227 g/mol. The van der Waals surface area contributed by atoms with Crippen LogP contribution in [0.2, 0.25) is 0 Å². The molecule has 2 N–H and O–H groups in total. The lowest BCUT2D eigenvalue weighted by molar-refractivity contribution is -0.149. The third kappa shape index (κ3) is 4.97. The number of carbonyl (C=O) groups excluding carboxylic acids is 1. The minimum Gasteiger partial charge on any atom is -0.465 e. The van der Waals surface area contributed by atoms with Gasteiger partial charge in [-0.2, -0.15) is 0 Å². The van der Waals surface area contributed by atoms with Crippen LogP contribution in [0.5, 0.6) is 0 Å². The summed E-state index contributed by atoms with van der Waals surface area (Å²) in [5.74, 6) is 0.120. The van der Waals surface area contributed by atoms with E-state index in [0.717, 1.165) is 32.1 Å². The zero-order valence-electron chi connectivity index (χ0n) is 10.4. The summed E-state index contributed by atoms with van der Waals surface area (Å²) in [6.45, 7) is 2.78. The van der Waals surface area contributed by atoms with Crippen LogP contribution in [-0.2, 0) is 9.53 Å². The van der Waals surface area contributed by atoms with Crippen LogP contribution in [-0.4, -0.2) is 18.6 Å². The molecule has 0 aromatic carbocycles. The van der Waals surface area contributed by atoms with Gasteiger partial charge in [0.15, 0.2) is 0 Å². The first kappa shape index (κ1) is 13.5. The lowest BCUT2D eigenvalue weighted by Crippen LogP contribution is -2.30.